The standard InChI is InChI=1S/C25H21F2N5O2S/c1-16(2)35(33,34)30-19-10-17(22-6-4-18(26)12-23(22)27)11-21(13-19)31-15-28-24-14-20(5-7-25(24)31)32-9-3-8-29-32/h3-16,30H,1-2H3. The lowest BCUT2D eigenvalue weighted by Gasteiger charge is -2.15. The average Bonchev–Trinajstić information content (AvgIpc) is 3.48. The predicted octanol–water partition coefficient (Wildman–Crippen LogP) is 5.31. The zero-order valence-corrected chi connectivity index (χ0v) is 19.7. The summed E-state index contributed by atoms with van der Waals surface area (Å²) in [7, 11) is -3.66. The first-order chi connectivity index (χ1) is 16.7. The largest absolute Gasteiger partial charge is 0.299 e. The van der Waals surface area contributed by atoms with Crippen molar-refractivity contribution in [1.82, 2.24) is 19.3 Å². The van der Waals surface area contributed by atoms with Gasteiger partial charge in [0.2, 0.25) is 10.0 Å². The summed E-state index contributed by atoms with van der Waals surface area (Å²) in [6.45, 7) is 3.13. The van der Waals surface area contributed by atoms with Gasteiger partial charge in [0.05, 0.1) is 27.7 Å². The van der Waals surface area contributed by atoms with E-state index in [0.29, 0.717) is 16.8 Å². The van der Waals surface area contributed by atoms with Gasteiger partial charge in [-0.15, -0.1) is 0 Å². The van der Waals surface area contributed by atoms with Crippen LogP contribution in [0.15, 0.2) is 79.4 Å². The fourth-order valence-corrected chi connectivity index (χ4v) is 4.42. The predicted molar refractivity (Wildman–Crippen MR) is 131 cm³/mol. The van der Waals surface area contributed by atoms with Gasteiger partial charge < -0.3 is 0 Å². The number of sulfonamides is 1. The molecule has 0 spiro atoms. The van der Waals surface area contributed by atoms with Gasteiger partial charge in [0, 0.05) is 29.7 Å². The third kappa shape index (κ3) is 4.40. The number of nitrogens with one attached hydrogen (secondary N) is 1. The summed E-state index contributed by atoms with van der Waals surface area (Å²) in [6.07, 6.45) is 5.12. The van der Waals surface area contributed by atoms with Crippen molar-refractivity contribution in [2.45, 2.75) is 19.1 Å². The molecule has 0 fully saturated rings. The van der Waals surface area contributed by atoms with E-state index in [-0.39, 0.29) is 11.3 Å². The highest BCUT2D eigenvalue weighted by Crippen LogP contribution is 2.31. The first kappa shape index (κ1) is 22.7. The number of anilines is 1. The molecule has 0 saturated heterocycles. The van der Waals surface area contributed by atoms with Crippen molar-refractivity contribution in [3.8, 4) is 22.5 Å². The third-order valence-electron chi connectivity index (χ3n) is 5.62. The molecule has 0 radical (unpaired) electrons. The molecule has 5 rings (SSSR count). The van der Waals surface area contributed by atoms with E-state index in [4.69, 9.17) is 0 Å². The minimum Gasteiger partial charge on any atom is -0.299 e. The van der Waals surface area contributed by atoms with Gasteiger partial charge in [-0.2, -0.15) is 5.10 Å². The maximum atomic E-state index is 14.6. The molecule has 0 atom stereocenters. The summed E-state index contributed by atoms with van der Waals surface area (Å²) >= 11 is 0. The Labute approximate surface area is 200 Å². The molecule has 35 heavy (non-hydrogen) atoms. The lowest BCUT2D eigenvalue weighted by atomic mass is 10.0. The molecule has 0 aliphatic carbocycles. The number of fused-ring (bicyclic) bond motifs is 1. The van der Waals surface area contributed by atoms with E-state index in [1.54, 1.807) is 47.8 Å². The summed E-state index contributed by atoms with van der Waals surface area (Å²) in [5.41, 5.74) is 3.63. The Hall–Kier alpha value is -4.05. The van der Waals surface area contributed by atoms with Gasteiger partial charge in [-0.25, -0.2) is 26.9 Å². The van der Waals surface area contributed by atoms with Crippen molar-refractivity contribution in [3.05, 3.63) is 91.0 Å². The summed E-state index contributed by atoms with van der Waals surface area (Å²) in [5, 5.41) is 3.56. The number of rotatable bonds is 6. The maximum Gasteiger partial charge on any atom is 0.235 e. The molecule has 2 heterocycles. The normalized spacial score (nSPS) is 11.9. The minimum atomic E-state index is -3.66. The van der Waals surface area contributed by atoms with E-state index in [1.165, 1.54) is 12.1 Å². The highest BCUT2D eigenvalue weighted by Gasteiger charge is 2.18. The Balaban J connectivity index is 1.66. The van der Waals surface area contributed by atoms with E-state index < -0.39 is 26.9 Å². The van der Waals surface area contributed by atoms with Gasteiger partial charge in [0.1, 0.15) is 18.0 Å². The number of halogens is 2. The van der Waals surface area contributed by atoms with Crippen LogP contribution in [-0.4, -0.2) is 33.0 Å². The first-order valence-corrected chi connectivity index (χ1v) is 12.4. The molecular weight excluding hydrogens is 472 g/mol. The Kier molecular flexibility index (Phi) is 5.60. The fourth-order valence-electron chi connectivity index (χ4n) is 3.74. The molecular formula is C25H21F2N5O2S. The van der Waals surface area contributed by atoms with Gasteiger partial charge >= 0.3 is 0 Å². The SMILES string of the molecule is CC(C)S(=O)(=O)Nc1cc(-c2ccc(F)cc2F)cc(-n2cnc3cc(-n4cccn4)ccc32)c1. The number of imidazole rings is 1. The molecule has 178 valence electrons. The number of nitrogens with zero attached hydrogens (tertiary/aromatic N) is 4. The lowest BCUT2D eigenvalue weighted by molar-refractivity contribution is 0.585. The van der Waals surface area contributed by atoms with Crippen LogP contribution in [0.3, 0.4) is 0 Å². The molecule has 0 bridgehead atoms. The van der Waals surface area contributed by atoms with Crippen molar-refractivity contribution in [2.75, 3.05) is 4.72 Å². The van der Waals surface area contributed by atoms with Gasteiger partial charge in [-0.1, -0.05) is 0 Å². The van der Waals surface area contributed by atoms with Crippen molar-refractivity contribution in [1.29, 1.82) is 0 Å². The monoisotopic (exact) mass is 493 g/mol. The summed E-state index contributed by atoms with van der Waals surface area (Å²) in [6, 6.07) is 15.6. The van der Waals surface area contributed by atoms with Crippen LogP contribution in [0.4, 0.5) is 14.5 Å². The smallest absolute Gasteiger partial charge is 0.235 e. The van der Waals surface area contributed by atoms with Crippen LogP contribution in [-0.2, 0) is 10.0 Å². The number of benzene rings is 3. The van der Waals surface area contributed by atoms with E-state index in [1.807, 2.05) is 30.5 Å². The summed E-state index contributed by atoms with van der Waals surface area (Å²) in [4.78, 5) is 4.49. The van der Waals surface area contributed by atoms with Crippen molar-refractivity contribution >= 4 is 26.7 Å². The highest BCUT2D eigenvalue weighted by atomic mass is 32.2. The molecule has 0 saturated carbocycles. The second-order valence-electron chi connectivity index (χ2n) is 8.33. The molecule has 5 aromatic rings. The van der Waals surface area contributed by atoms with Crippen LogP contribution in [0.5, 0.6) is 0 Å². The molecule has 7 nitrogen and oxygen atoms in total. The molecule has 3 aromatic carbocycles. The zero-order chi connectivity index (χ0) is 24.7. The summed E-state index contributed by atoms with van der Waals surface area (Å²) in [5.74, 6) is -1.45. The quantitative estimate of drug-likeness (QED) is 0.348. The fraction of sp³-hybridized carbons (Fsp3) is 0.120. The molecule has 0 unspecified atom stereocenters. The Morgan fingerprint density at radius 3 is 2.51 bits per heavy atom. The maximum absolute atomic E-state index is 14.6. The van der Waals surface area contributed by atoms with Crippen LogP contribution in [0.25, 0.3) is 33.5 Å². The van der Waals surface area contributed by atoms with E-state index >= 15 is 0 Å². The van der Waals surface area contributed by atoms with Crippen LogP contribution in [0, 0.1) is 11.6 Å². The molecule has 2 aromatic heterocycles. The van der Waals surface area contributed by atoms with Gasteiger partial charge in [-0.05, 0) is 74.0 Å². The van der Waals surface area contributed by atoms with Crippen LogP contribution < -0.4 is 4.72 Å². The average molecular weight is 494 g/mol. The second kappa shape index (κ2) is 8.62. The van der Waals surface area contributed by atoms with Crippen molar-refractivity contribution < 1.29 is 17.2 Å². The van der Waals surface area contributed by atoms with Crippen LogP contribution in [0.2, 0.25) is 0 Å². The van der Waals surface area contributed by atoms with Crippen LogP contribution in [0.1, 0.15) is 13.8 Å². The van der Waals surface area contributed by atoms with Crippen LogP contribution >= 0.6 is 0 Å². The molecule has 1 N–H and O–H groups in total. The Bertz CT molecular complexity index is 1640. The molecule has 0 aliphatic heterocycles. The van der Waals surface area contributed by atoms with Gasteiger partial charge in [-0.3, -0.25) is 9.29 Å². The number of hydrogen-bond acceptors (Lipinski definition) is 4. The summed E-state index contributed by atoms with van der Waals surface area (Å²) < 4.78 is 59.3. The third-order valence-corrected chi connectivity index (χ3v) is 7.38. The van der Waals surface area contributed by atoms with Crippen molar-refractivity contribution in [2.24, 2.45) is 0 Å². The minimum absolute atomic E-state index is 0.142. The lowest BCUT2D eigenvalue weighted by Crippen LogP contribution is -2.22. The van der Waals surface area contributed by atoms with Crippen molar-refractivity contribution in [3.63, 3.8) is 0 Å². The Morgan fingerprint density at radius 1 is 0.971 bits per heavy atom. The number of hydrogen-bond donors (Lipinski definition) is 1. The second-order valence-corrected chi connectivity index (χ2v) is 10.6. The zero-order valence-electron chi connectivity index (χ0n) is 18.9. The Morgan fingerprint density at radius 2 is 1.80 bits per heavy atom. The molecule has 0 aliphatic rings. The molecule has 0 amide bonds. The molecule has 10 heteroatoms. The highest BCUT2D eigenvalue weighted by molar-refractivity contribution is 7.93. The van der Waals surface area contributed by atoms with E-state index in [9.17, 15) is 17.2 Å². The van der Waals surface area contributed by atoms with E-state index in [2.05, 4.69) is 14.8 Å². The number of aromatic nitrogens is 4. The van der Waals surface area contributed by atoms with E-state index in [0.717, 1.165) is 23.3 Å². The van der Waals surface area contributed by atoms with Gasteiger partial charge in [0.25, 0.3) is 0 Å². The first-order valence-electron chi connectivity index (χ1n) is 10.8. The van der Waals surface area contributed by atoms with Gasteiger partial charge in [0.15, 0.2) is 0 Å². The topological polar surface area (TPSA) is 81.8 Å².